The molecule has 0 aliphatic carbocycles. The van der Waals surface area contributed by atoms with Crippen LogP contribution in [0.2, 0.25) is 0 Å². The molecule has 0 saturated heterocycles. The summed E-state index contributed by atoms with van der Waals surface area (Å²) in [5.41, 5.74) is 0. The van der Waals surface area contributed by atoms with Gasteiger partial charge in [0, 0.05) is 11.8 Å². The maximum atomic E-state index is 10.4. The minimum absolute atomic E-state index is 0.193. The van der Waals surface area contributed by atoms with Gasteiger partial charge in [-0.2, -0.15) is 0 Å². The molecule has 0 spiro atoms. The smallest absolute Gasteiger partial charge is 0.302 e. The van der Waals surface area contributed by atoms with Crippen molar-refractivity contribution in [1.82, 2.24) is 0 Å². The summed E-state index contributed by atoms with van der Waals surface area (Å²) in [5.74, 6) is -0.193. The molecule has 0 aromatic carbocycles. The molecule has 0 N–H and O–H groups in total. The van der Waals surface area contributed by atoms with Crippen LogP contribution in [0.3, 0.4) is 0 Å². The standard InChI is InChI=1S/C9H12O2S/c1-8(10)11-6-2-4-9-5-3-7-12-9/h3,5,7H,2,4,6H2,1H3. The fraction of sp³-hybridized carbons (Fsp3) is 0.444. The summed E-state index contributed by atoms with van der Waals surface area (Å²) < 4.78 is 4.81. The zero-order valence-electron chi connectivity index (χ0n) is 7.08. The lowest BCUT2D eigenvalue weighted by molar-refractivity contribution is -0.141. The van der Waals surface area contributed by atoms with Crippen LogP contribution in [0.4, 0.5) is 0 Å². The molecule has 12 heavy (non-hydrogen) atoms. The molecule has 0 atom stereocenters. The number of rotatable bonds is 4. The Bertz CT molecular complexity index is 229. The average molecular weight is 184 g/mol. The van der Waals surface area contributed by atoms with Crippen molar-refractivity contribution in [3.63, 3.8) is 0 Å². The SMILES string of the molecule is CC(=O)OCCCc1cccs1. The summed E-state index contributed by atoms with van der Waals surface area (Å²) in [6.45, 7) is 1.97. The highest BCUT2D eigenvalue weighted by Gasteiger charge is 1.95. The molecule has 3 heteroatoms. The van der Waals surface area contributed by atoms with Crippen molar-refractivity contribution >= 4 is 17.3 Å². The third kappa shape index (κ3) is 3.53. The van der Waals surface area contributed by atoms with Gasteiger partial charge in [0.1, 0.15) is 0 Å². The zero-order valence-corrected chi connectivity index (χ0v) is 7.89. The Morgan fingerprint density at radius 2 is 2.50 bits per heavy atom. The number of ether oxygens (including phenoxy) is 1. The molecule has 0 unspecified atom stereocenters. The van der Waals surface area contributed by atoms with Gasteiger partial charge in [0.05, 0.1) is 6.61 Å². The van der Waals surface area contributed by atoms with E-state index in [0.29, 0.717) is 6.61 Å². The fourth-order valence-corrected chi connectivity index (χ4v) is 1.67. The van der Waals surface area contributed by atoms with Crippen LogP contribution in [0.25, 0.3) is 0 Å². The molecule has 1 heterocycles. The predicted octanol–water partition coefficient (Wildman–Crippen LogP) is 2.24. The molecular weight excluding hydrogens is 172 g/mol. The third-order valence-electron chi connectivity index (χ3n) is 1.45. The highest BCUT2D eigenvalue weighted by atomic mass is 32.1. The first-order chi connectivity index (χ1) is 5.79. The van der Waals surface area contributed by atoms with Crippen LogP contribution < -0.4 is 0 Å². The number of hydrogen-bond donors (Lipinski definition) is 0. The monoisotopic (exact) mass is 184 g/mol. The second-order valence-electron chi connectivity index (χ2n) is 2.52. The van der Waals surface area contributed by atoms with Crippen molar-refractivity contribution in [2.45, 2.75) is 19.8 Å². The van der Waals surface area contributed by atoms with Gasteiger partial charge in [-0.1, -0.05) is 6.07 Å². The summed E-state index contributed by atoms with van der Waals surface area (Å²) >= 11 is 1.74. The first-order valence-corrected chi connectivity index (χ1v) is 4.83. The summed E-state index contributed by atoms with van der Waals surface area (Å²) in [5, 5.41) is 2.06. The van der Waals surface area contributed by atoms with E-state index in [-0.39, 0.29) is 5.97 Å². The Balaban J connectivity index is 2.07. The van der Waals surface area contributed by atoms with Gasteiger partial charge in [-0.3, -0.25) is 4.79 Å². The van der Waals surface area contributed by atoms with Crippen molar-refractivity contribution in [3.05, 3.63) is 22.4 Å². The fourth-order valence-electron chi connectivity index (χ4n) is 0.917. The summed E-state index contributed by atoms with van der Waals surface area (Å²) in [6.07, 6.45) is 1.92. The van der Waals surface area contributed by atoms with E-state index in [9.17, 15) is 4.79 Å². The van der Waals surface area contributed by atoms with E-state index in [1.807, 2.05) is 6.07 Å². The predicted molar refractivity (Wildman–Crippen MR) is 49.3 cm³/mol. The summed E-state index contributed by atoms with van der Waals surface area (Å²) in [6, 6.07) is 4.13. The molecular formula is C9H12O2S. The van der Waals surface area contributed by atoms with Gasteiger partial charge in [0.2, 0.25) is 0 Å². The van der Waals surface area contributed by atoms with Gasteiger partial charge >= 0.3 is 5.97 Å². The largest absolute Gasteiger partial charge is 0.466 e. The van der Waals surface area contributed by atoms with Crippen molar-refractivity contribution in [2.24, 2.45) is 0 Å². The molecule has 0 fully saturated rings. The van der Waals surface area contributed by atoms with Crippen LogP contribution in [0.15, 0.2) is 17.5 Å². The minimum Gasteiger partial charge on any atom is -0.466 e. The number of thiophene rings is 1. The minimum atomic E-state index is -0.193. The van der Waals surface area contributed by atoms with Crippen LogP contribution in [-0.4, -0.2) is 12.6 Å². The van der Waals surface area contributed by atoms with Gasteiger partial charge < -0.3 is 4.74 Å². The van der Waals surface area contributed by atoms with E-state index in [1.165, 1.54) is 11.8 Å². The molecule has 0 saturated carbocycles. The third-order valence-corrected chi connectivity index (χ3v) is 2.39. The highest BCUT2D eigenvalue weighted by Crippen LogP contribution is 2.10. The van der Waals surface area contributed by atoms with E-state index in [2.05, 4.69) is 11.4 Å². The van der Waals surface area contributed by atoms with Crippen LogP contribution >= 0.6 is 11.3 Å². The topological polar surface area (TPSA) is 26.3 Å². The average Bonchev–Trinajstić information content (AvgIpc) is 2.49. The molecule has 0 amide bonds. The van der Waals surface area contributed by atoms with Crippen molar-refractivity contribution in [2.75, 3.05) is 6.61 Å². The van der Waals surface area contributed by atoms with Gasteiger partial charge in [-0.05, 0) is 24.3 Å². The lowest BCUT2D eigenvalue weighted by atomic mass is 10.3. The number of hydrogen-bond acceptors (Lipinski definition) is 3. The molecule has 66 valence electrons. The summed E-state index contributed by atoms with van der Waals surface area (Å²) in [4.78, 5) is 11.7. The molecule has 0 aliphatic heterocycles. The molecule has 0 bridgehead atoms. The highest BCUT2D eigenvalue weighted by molar-refractivity contribution is 7.09. The lowest BCUT2D eigenvalue weighted by Crippen LogP contribution is -2.00. The normalized spacial score (nSPS) is 9.75. The van der Waals surface area contributed by atoms with Crippen molar-refractivity contribution in [3.8, 4) is 0 Å². The first kappa shape index (κ1) is 9.26. The molecule has 0 aliphatic rings. The quantitative estimate of drug-likeness (QED) is 0.530. The Morgan fingerprint density at radius 1 is 1.67 bits per heavy atom. The van der Waals surface area contributed by atoms with E-state index in [4.69, 9.17) is 4.74 Å². The number of carbonyl (C=O) groups is 1. The van der Waals surface area contributed by atoms with Gasteiger partial charge in [0.15, 0.2) is 0 Å². The van der Waals surface area contributed by atoms with Gasteiger partial charge in [-0.25, -0.2) is 0 Å². The Labute approximate surface area is 76.2 Å². The Kier molecular flexibility index (Phi) is 3.80. The van der Waals surface area contributed by atoms with Crippen molar-refractivity contribution in [1.29, 1.82) is 0 Å². The van der Waals surface area contributed by atoms with E-state index in [0.717, 1.165) is 12.8 Å². The lowest BCUT2D eigenvalue weighted by Gasteiger charge is -1.99. The van der Waals surface area contributed by atoms with E-state index >= 15 is 0 Å². The maximum absolute atomic E-state index is 10.4. The van der Waals surface area contributed by atoms with Crippen LogP contribution in [0, 0.1) is 0 Å². The van der Waals surface area contributed by atoms with E-state index in [1.54, 1.807) is 11.3 Å². The Hall–Kier alpha value is -0.830. The number of esters is 1. The molecule has 1 aromatic heterocycles. The second-order valence-corrected chi connectivity index (χ2v) is 3.56. The first-order valence-electron chi connectivity index (χ1n) is 3.95. The van der Waals surface area contributed by atoms with Crippen LogP contribution in [-0.2, 0) is 16.0 Å². The molecule has 0 radical (unpaired) electrons. The molecule has 1 rings (SSSR count). The zero-order chi connectivity index (χ0) is 8.81. The molecule has 2 nitrogen and oxygen atoms in total. The summed E-state index contributed by atoms with van der Waals surface area (Å²) in [7, 11) is 0. The number of carbonyl (C=O) groups excluding carboxylic acids is 1. The maximum Gasteiger partial charge on any atom is 0.302 e. The van der Waals surface area contributed by atoms with Crippen LogP contribution in [0.1, 0.15) is 18.2 Å². The molecule has 1 aromatic rings. The van der Waals surface area contributed by atoms with E-state index < -0.39 is 0 Å². The van der Waals surface area contributed by atoms with Crippen LogP contribution in [0.5, 0.6) is 0 Å². The Morgan fingerprint density at radius 3 is 3.08 bits per heavy atom. The van der Waals surface area contributed by atoms with Gasteiger partial charge in [-0.15, -0.1) is 11.3 Å². The van der Waals surface area contributed by atoms with Crippen molar-refractivity contribution < 1.29 is 9.53 Å². The number of aryl methyl sites for hydroxylation is 1. The second kappa shape index (κ2) is 4.93. The van der Waals surface area contributed by atoms with Gasteiger partial charge in [0.25, 0.3) is 0 Å².